The van der Waals surface area contributed by atoms with E-state index < -0.39 is 5.97 Å². The largest absolute Gasteiger partial charge is 0.407 e. The predicted octanol–water partition coefficient (Wildman–Crippen LogP) is 3.66. The summed E-state index contributed by atoms with van der Waals surface area (Å²) in [4.78, 5) is 20.1. The molecule has 0 radical (unpaired) electrons. The molecule has 0 saturated carbocycles. The molecule has 5 heteroatoms. The van der Waals surface area contributed by atoms with Crippen LogP contribution in [0.1, 0.15) is 17.5 Å². The maximum absolute atomic E-state index is 11.8. The van der Waals surface area contributed by atoms with Crippen LogP contribution in [-0.2, 0) is 16.0 Å². The lowest BCUT2D eigenvalue weighted by atomic mass is 10.1. The van der Waals surface area contributed by atoms with Crippen molar-refractivity contribution in [3.8, 4) is 0 Å². The van der Waals surface area contributed by atoms with Crippen molar-refractivity contribution in [2.24, 2.45) is 4.99 Å². The summed E-state index contributed by atoms with van der Waals surface area (Å²) in [5, 5.41) is 0.694. The van der Waals surface area contributed by atoms with E-state index in [-0.39, 0.29) is 0 Å². The molecule has 0 N–H and O–H groups in total. The zero-order valence-electron chi connectivity index (χ0n) is 11.7. The van der Waals surface area contributed by atoms with Gasteiger partial charge in [-0.2, -0.15) is 0 Å². The molecule has 0 spiro atoms. The third kappa shape index (κ3) is 3.59. The average molecular weight is 313 g/mol. The van der Waals surface area contributed by atoms with E-state index in [1.165, 1.54) is 0 Å². The number of aryl methyl sites for hydroxylation is 1. The van der Waals surface area contributed by atoms with Crippen LogP contribution in [0.2, 0.25) is 5.02 Å². The van der Waals surface area contributed by atoms with Crippen LogP contribution in [0.5, 0.6) is 0 Å². The molecule has 0 aliphatic carbocycles. The number of hydrogen-bond acceptors (Lipinski definition) is 4. The maximum atomic E-state index is 11.8. The number of aromatic nitrogens is 1. The number of pyridine rings is 1. The molecule has 3 rings (SSSR count). The van der Waals surface area contributed by atoms with E-state index in [0.29, 0.717) is 29.5 Å². The quantitative estimate of drug-likeness (QED) is 0.639. The molecular weight excluding hydrogens is 300 g/mol. The van der Waals surface area contributed by atoms with Crippen molar-refractivity contribution in [2.45, 2.75) is 12.8 Å². The smallest absolute Gasteiger partial charge is 0.363 e. The van der Waals surface area contributed by atoms with Gasteiger partial charge >= 0.3 is 5.97 Å². The Morgan fingerprint density at radius 3 is 2.86 bits per heavy atom. The number of ether oxygens (including phenoxy) is 1. The standard InChI is InChI=1S/C17H13ClN2O2/c18-14-5-1-3-12(9-14)6-7-16-20-15(17(21)22-16)10-13-4-2-8-19-11-13/h1-5,8-11H,6-7H2/b15-10+. The van der Waals surface area contributed by atoms with E-state index >= 15 is 0 Å². The van der Waals surface area contributed by atoms with Gasteiger partial charge in [-0.1, -0.05) is 29.8 Å². The first-order valence-corrected chi connectivity index (χ1v) is 7.24. The third-order valence-electron chi connectivity index (χ3n) is 3.17. The summed E-state index contributed by atoms with van der Waals surface area (Å²) in [5.41, 5.74) is 2.19. The van der Waals surface area contributed by atoms with Crippen LogP contribution in [0.15, 0.2) is 59.5 Å². The Balaban J connectivity index is 1.69. The highest BCUT2D eigenvalue weighted by Gasteiger charge is 2.22. The molecule has 4 nitrogen and oxygen atoms in total. The van der Waals surface area contributed by atoms with Gasteiger partial charge in [-0.3, -0.25) is 4.98 Å². The van der Waals surface area contributed by atoms with Crippen molar-refractivity contribution in [3.63, 3.8) is 0 Å². The van der Waals surface area contributed by atoms with E-state index in [1.807, 2.05) is 30.3 Å². The van der Waals surface area contributed by atoms with Gasteiger partial charge in [-0.15, -0.1) is 0 Å². The molecular formula is C17H13ClN2O2. The van der Waals surface area contributed by atoms with Crippen LogP contribution in [0, 0.1) is 0 Å². The van der Waals surface area contributed by atoms with Crippen LogP contribution in [0.4, 0.5) is 0 Å². The van der Waals surface area contributed by atoms with Gasteiger partial charge in [0.15, 0.2) is 11.6 Å². The van der Waals surface area contributed by atoms with Crippen molar-refractivity contribution < 1.29 is 9.53 Å². The summed E-state index contributed by atoms with van der Waals surface area (Å²) in [5.74, 6) is 0.00469. The van der Waals surface area contributed by atoms with Gasteiger partial charge in [0.1, 0.15) is 0 Å². The molecule has 22 heavy (non-hydrogen) atoms. The first kappa shape index (κ1) is 14.5. The molecule has 1 aliphatic heterocycles. The van der Waals surface area contributed by atoms with Gasteiger partial charge in [-0.05, 0) is 41.8 Å². The fourth-order valence-electron chi connectivity index (χ4n) is 2.12. The molecule has 0 unspecified atom stereocenters. The van der Waals surface area contributed by atoms with Crippen LogP contribution >= 0.6 is 11.6 Å². The molecule has 0 bridgehead atoms. The first-order valence-electron chi connectivity index (χ1n) is 6.86. The van der Waals surface area contributed by atoms with Crippen LogP contribution in [0.25, 0.3) is 6.08 Å². The highest BCUT2D eigenvalue weighted by atomic mass is 35.5. The van der Waals surface area contributed by atoms with E-state index in [4.69, 9.17) is 16.3 Å². The summed E-state index contributed by atoms with van der Waals surface area (Å²) in [6.45, 7) is 0. The number of esters is 1. The van der Waals surface area contributed by atoms with Crippen molar-refractivity contribution in [1.82, 2.24) is 4.98 Å². The number of carbonyl (C=O) groups is 1. The second-order valence-corrected chi connectivity index (χ2v) is 5.28. The minimum atomic E-state index is -0.426. The van der Waals surface area contributed by atoms with Gasteiger partial charge in [0, 0.05) is 23.8 Å². The van der Waals surface area contributed by atoms with Gasteiger partial charge < -0.3 is 4.74 Å². The number of hydrogen-bond donors (Lipinski definition) is 0. The topological polar surface area (TPSA) is 51.5 Å². The van der Waals surface area contributed by atoms with Crippen molar-refractivity contribution in [1.29, 1.82) is 0 Å². The second kappa shape index (κ2) is 6.54. The molecule has 1 aliphatic rings. The Bertz CT molecular complexity index is 754. The molecule has 110 valence electrons. The number of cyclic esters (lactones) is 1. The molecule has 1 aromatic carbocycles. The van der Waals surface area contributed by atoms with Gasteiger partial charge in [-0.25, -0.2) is 9.79 Å². The number of aliphatic imine (C=N–C) groups is 1. The van der Waals surface area contributed by atoms with Crippen molar-refractivity contribution >= 4 is 29.5 Å². The minimum absolute atomic E-state index is 0.300. The lowest BCUT2D eigenvalue weighted by Gasteiger charge is -2.01. The van der Waals surface area contributed by atoms with Crippen LogP contribution in [0.3, 0.4) is 0 Å². The Kier molecular flexibility index (Phi) is 4.30. The molecule has 2 aromatic rings. The maximum Gasteiger partial charge on any atom is 0.363 e. The second-order valence-electron chi connectivity index (χ2n) is 4.84. The molecule has 1 aromatic heterocycles. The zero-order chi connectivity index (χ0) is 15.4. The number of rotatable bonds is 4. The van der Waals surface area contributed by atoms with E-state index in [0.717, 1.165) is 11.1 Å². The number of nitrogens with zero attached hydrogens (tertiary/aromatic N) is 2. The van der Waals surface area contributed by atoms with Gasteiger partial charge in [0.25, 0.3) is 0 Å². The molecule has 2 heterocycles. The fourth-order valence-corrected chi connectivity index (χ4v) is 2.34. The summed E-state index contributed by atoms with van der Waals surface area (Å²) in [6, 6.07) is 11.3. The Morgan fingerprint density at radius 2 is 2.09 bits per heavy atom. The number of halogens is 1. The minimum Gasteiger partial charge on any atom is -0.407 e. The normalized spacial score (nSPS) is 15.8. The Hall–Kier alpha value is -2.46. The fraction of sp³-hybridized carbons (Fsp3) is 0.118. The highest BCUT2D eigenvalue weighted by Crippen LogP contribution is 2.18. The van der Waals surface area contributed by atoms with Crippen molar-refractivity contribution in [2.75, 3.05) is 0 Å². The summed E-state index contributed by atoms with van der Waals surface area (Å²) >= 11 is 5.95. The average Bonchev–Trinajstić information content (AvgIpc) is 2.87. The summed E-state index contributed by atoms with van der Waals surface area (Å²) < 4.78 is 5.19. The summed E-state index contributed by atoms with van der Waals surface area (Å²) in [6.07, 6.45) is 6.28. The molecule has 0 atom stereocenters. The Morgan fingerprint density at radius 1 is 1.18 bits per heavy atom. The Labute approximate surface area is 133 Å². The van der Waals surface area contributed by atoms with E-state index in [9.17, 15) is 4.79 Å². The van der Waals surface area contributed by atoms with Crippen molar-refractivity contribution in [3.05, 3.63) is 70.6 Å². The predicted molar refractivity (Wildman–Crippen MR) is 85.5 cm³/mol. The van der Waals surface area contributed by atoms with Crippen LogP contribution < -0.4 is 0 Å². The van der Waals surface area contributed by atoms with Crippen LogP contribution in [-0.4, -0.2) is 16.9 Å². The zero-order valence-corrected chi connectivity index (χ0v) is 12.5. The molecule has 0 fully saturated rings. The highest BCUT2D eigenvalue weighted by molar-refractivity contribution is 6.30. The number of carbonyl (C=O) groups excluding carboxylic acids is 1. The molecule has 0 amide bonds. The van der Waals surface area contributed by atoms with Gasteiger partial charge in [0.05, 0.1) is 0 Å². The molecule has 0 saturated heterocycles. The monoisotopic (exact) mass is 312 g/mol. The van der Waals surface area contributed by atoms with E-state index in [2.05, 4.69) is 9.98 Å². The number of benzene rings is 1. The van der Waals surface area contributed by atoms with Gasteiger partial charge in [0.2, 0.25) is 0 Å². The lowest BCUT2D eigenvalue weighted by molar-refractivity contribution is -0.130. The lowest BCUT2D eigenvalue weighted by Crippen LogP contribution is -2.05. The summed E-state index contributed by atoms with van der Waals surface area (Å²) in [7, 11) is 0. The first-order chi connectivity index (χ1) is 10.7. The third-order valence-corrected chi connectivity index (χ3v) is 3.40. The van der Waals surface area contributed by atoms with E-state index in [1.54, 1.807) is 24.5 Å². The SMILES string of the molecule is O=C1OC(CCc2cccc(Cl)c2)=N/C1=C/c1cccnc1.